The number of rotatable bonds is 0. The number of hydrogen-bond acceptors (Lipinski definition) is 4. The molecule has 0 saturated carbocycles. The van der Waals surface area contributed by atoms with Gasteiger partial charge in [-0.05, 0) is 12.1 Å². The summed E-state index contributed by atoms with van der Waals surface area (Å²) >= 11 is 0. The van der Waals surface area contributed by atoms with E-state index >= 15 is 0 Å². The van der Waals surface area contributed by atoms with Gasteiger partial charge in [-0.3, -0.25) is 5.10 Å². The zero-order chi connectivity index (χ0) is 8.84. The van der Waals surface area contributed by atoms with Crippen LogP contribution in [0.1, 0.15) is 0 Å². The molecule has 7 nitrogen and oxygen atoms in total. The Bertz CT molecular complexity index is 581. The van der Waals surface area contributed by atoms with E-state index in [0.717, 1.165) is 0 Å². The SMILES string of the molecule is [O-][n+]1n[nH]c2c3[nH]nnc3ccc21. The van der Waals surface area contributed by atoms with E-state index in [2.05, 4.69) is 25.7 Å². The van der Waals surface area contributed by atoms with E-state index in [1.54, 1.807) is 12.1 Å². The second kappa shape index (κ2) is 1.94. The standard InChI is InChI=1S/C6H4N6O/c13-12-4-2-1-3-5(8-10-7-3)6(4)9-11-12/h1-2,9H,(H,7,8,10). The van der Waals surface area contributed by atoms with Gasteiger partial charge in [-0.25, -0.2) is 0 Å². The second-order valence-corrected chi connectivity index (χ2v) is 2.65. The first-order valence-corrected chi connectivity index (χ1v) is 3.64. The van der Waals surface area contributed by atoms with Crippen LogP contribution in [-0.4, -0.2) is 25.7 Å². The Hall–Kier alpha value is -2.18. The Morgan fingerprint density at radius 2 is 2.15 bits per heavy atom. The molecule has 0 spiro atoms. The third-order valence-electron chi connectivity index (χ3n) is 1.94. The first-order chi connectivity index (χ1) is 6.36. The Labute approximate surface area is 70.9 Å². The molecule has 0 aliphatic heterocycles. The van der Waals surface area contributed by atoms with Gasteiger partial charge in [0.15, 0.2) is 0 Å². The maximum atomic E-state index is 11.1. The van der Waals surface area contributed by atoms with Crippen molar-refractivity contribution >= 4 is 22.1 Å². The highest BCUT2D eigenvalue weighted by Gasteiger charge is 2.12. The third kappa shape index (κ3) is 0.675. The summed E-state index contributed by atoms with van der Waals surface area (Å²) < 4.78 is 0. The van der Waals surface area contributed by atoms with E-state index in [9.17, 15) is 5.21 Å². The molecule has 0 radical (unpaired) electrons. The summed E-state index contributed by atoms with van der Waals surface area (Å²) in [5.41, 5.74) is 2.49. The molecule has 2 heterocycles. The lowest BCUT2D eigenvalue weighted by atomic mass is 10.3. The number of hydrogen-bond donors (Lipinski definition) is 2. The predicted molar refractivity (Wildman–Crippen MR) is 42.5 cm³/mol. The molecule has 0 aliphatic rings. The quantitative estimate of drug-likeness (QED) is 0.355. The summed E-state index contributed by atoms with van der Waals surface area (Å²) in [6, 6.07) is 3.36. The van der Waals surface area contributed by atoms with Crippen LogP contribution >= 0.6 is 0 Å². The largest absolute Gasteiger partial charge is 0.691 e. The van der Waals surface area contributed by atoms with Crippen LogP contribution in [0.5, 0.6) is 0 Å². The molecule has 0 aliphatic carbocycles. The topological polar surface area (TPSA) is 97.2 Å². The molecular weight excluding hydrogens is 172 g/mol. The van der Waals surface area contributed by atoms with Crippen LogP contribution in [0, 0.1) is 5.21 Å². The third-order valence-corrected chi connectivity index (χ3v) is 1.94. The number of nitrogens with one attached hydrogen (secondary N) is 2. The number of fused-ring (bicyclic) bond motifs is 3. The van der Waals surface area contributed by atoms with Gasteiger partial charge >= 0.3 is 0 Å². The Balaban J connectivity index is 2.66. The van der Waals surface area contributed by atoms with Crippen molar-refractivity contribution in [3.05, 3.63) is 17.3 Å². The smallest absolute Gasteiger partial charge is 0.223 e. The van der Waals surface area contributed by atoms with Gasteiger partial charge in [-0.1, -0.05) is 5.21 Å². The van der Waals surface area contributed by atoms with Crippen molar-refractivity contribution in [3.63, 3.8) is 0 Å². The van der Waals surface area contributed by atoms with Gasteiger partial charge in [-0.15, -0.1) is 15.0 Å². The number of H-pyrrole nitrogens is 2. The number of aromatic amines is 2. The van der Waals surface area contributed by atoms with E-state index < -0.39 is 0 Å². The lowest BCUT2D eigenvalue weighted by Crippen LogP contribution is -2.27. The van der Waals surface area contributed by atoms with Crippen LogP contribution in [0.2, 0.25) is 0 Å². The average Bonchev–Trinajstić information content (AvgIpc) is 2.70. The number of benzene rings is 1. The van der Waals surface area contributed by atoms with Crippen molar-refractivity contribution in [3.8, 4) is 0 Å². The van der Waals surface area contributed by atoms with Crippen LogP contribution in [0.4, 0.5) is 0 Å². The molecule has 0 saturated heterocycles. The van der Waals surface area contributed by atoms with Crippen molar-refractivity contribution in [1.29, 1.82) is 0 Å². The molecule has 1 aromatic carbocycles. The van der Waals surface area contributed by atoms with Crippen molar-refractivity contribution < 1.29 is 4.85 Å². The molecule has 13 heavy (non-hydrogen) atoms. The van der Waals surface area contributed by atoms with Gasteiger partial charge < -0.3 is 5.21 Å². The van der Waals surface area contributed by atoms with Crippen molar-refractivity contribution in [2.45, 2.75) is 0 Å². The maximum absolute atomic E-state index is 11.1. The zero-order valence-electron chi connectivity index (χ0n) is 6.35. The predicted octanol–water partition coefficient (Wildman–Crippen LogP) is -0.532. The van der Waals surface area contributed by atoms with Crippen LogP contribution in [0.25, 0.3) is 22.1 Å². The fourth-order valence-corrected chi connectivity index (χ4v) is 1.33. The maximum Gasteiger partial charge on any atom is 0.223 e. The van der Waals surface area contributed by atoms with Crippen LogP contribution in [0.15, 0.2) is 12.1 Å². The van der Waals surface area contributed by atoms with Crippen LogP contribution < -0.4 is 4.85 Å². The van der Waals surface area contributed by atoms with Gasteiger partial charge in [0.05, 0.1) is 5.21 Å². The molecule has 0 bridgehead atoms. The minimum Gasteiger partial charge on any atom is -0.691 e. The van der Waals surface area contributed by atoms with Gasteiger partial charge in [0.1, 0.15) is 11.0 Å². The molecule has 3 aromatic rings. The lowest BCUT2D eigenvalue weighted by Gasteiger charge is -1.90. The summed E-state index contributed by atoms with van der Waals surface area (Å²) in [5.74, 6) is 0. The Morgan fingerprint density at radius 1 is 1.23 bits per heavy atom. The highest BCUT2D eigenvalue weighted by atomic mass is 16.5. The average molecular weight is 176 g/mol. The van der Waals surface area contributed by atoms with Gasteiger partial charge in [0, 0.05) is 0 Å². The fraction of sp³-hybridized carbons (Fsp3) is 0. The van der Waals surface area contributed by atoms with E-state index in [0.29, 0.717) is 26.9 Å². The van der Waals surface area contributed by atoms with Gasteiger partial charge in [-0.2, -0.15) is 0 Å². The molecule has 2 N–H and O–H groups in total. The minimum absolute atomic E-state index is 0.471. The van der Waals surface area contributed by atoms with E-state index in [4.69, 9.17) is 0 Å². The van der Waals surface area contributed by atoms with E-state index in [1.165, 1.54) is 0 Å². The zero-order valence-corrected chi connectivity index (χ0v) is 6.35. The van der Waals surface area contributed by atoms with Crippen LogP contribution in [-0.2, 0) is 0 Å². The number of nitrogens with zero attached hydrogens (tertiary/aromatic N) is 4. The monoisotopic (exact) mass is 176 g/mol. The summed E-state index contributed by atoms with van der Waals surface area (Å²) in [7, 11) is 0. The first kappa shape index (κ1) is 6.35. The molecule has 0 amide bonds. The van der Waals surface area contributed by atoms with Crippen molar-refractivity contribution in [2.75, 3.05) is 0 Å². The molecule has 0 unspecified atom stereocenters. The molecule has 3 rings (SSSR count). The van der Waals surface area contributed by atoms with E-state index in [-0.39, 0.29) is 0 Å². The first-order valence-electron chi connectivity index (χ1n) is 3.64. The van der Waals surface area contributed by atoms with E-state index in [1.807, 2.05) is 0 Å². The van der Waals surface area contributed by atoms with Gasteiger partial charge in [0.25, 0.3) is 0 Å². The fourth-order valence-electron chi connectivity index (χ4n) is 1.33. The highest BCUT2D eigenvalue weighted by Crippen LogP contribution is 2.15. The lowest BCUT2D eigenvalue weighted by molar-refractivity contribution is -0.644. The Morgan fingerprint density at radius 3 is 3.08 bits per heavy atom. The second-order valence-electron chi connectivity index (χ2n) is 2.65. The van der Waals surface area contributed by atoms with Gasteiger partial charge in [0.2, 0.25) is 11.0 Å². The van der Waals surface area contributed by atoms with Crippen molar-refractivity contribution in [1.82, 2.24) is 25.7 Å². The molecular formula is C6H4N6O. The molecule has 0 atom stereocenters. The summed E-state index contributed by atoms with van der Waals surface area (Å²) in [6.45, 7) is 0. The summed E-state index contributed by atoms with van der Waals surface area (Å²) in [4.78, 5) is 0.523. The molecule has 2 aromatic heterocycles. The number of aromatic nitrogens is 6. The Kier molecular flexibility index (Phi) is 0.950. The summed E-state index contributed by atoms with van der Waals surface area (Å²) in [5, 5.41) is 27.3. The van der Waals surface area contributed by atoms with Crippen LogP contribution in [0.3, 0.4) is 0 Å². The summed E-state index contributed by atoms with van der Waals surface area (Å²) in [6.07, 6.45) is 0. The normalized spacial score (nSPS) is 11.4. The highest BCUT2D eigenvalue weighted by molar-refractivity contribution is 5.97. The van der Waals surface area contributed by atoms with Crippen molar-refractivity contribution in [2.24, 2.45) is 0 Å². The molecule has 7 heteroatoms. The molecule has 0 fully saturated rings. The minimum atomic E-state index is 0.471. The molecule has 64 valence electrons.